The van der Waals surface area contributed by atoms with Crippen LogP contribution in [0.1, 0.15) is 24.8 Å². The van der Waals surface area contributed by atoms with E-state index in [-0.39, 0.29) is 6.61 Å². The Balaban J connectivity index is 1.98. The zero-order chi connectivity index (χ0) is 15.1. The number of nitrogens with zero attached hydrogens (tertiary/aromatic N) is 1. The summed E-state index contributed by atoms with van der Waals surface area (Å²) in [5.41, 5.74) is 0.896. The van der Waals surface area contributed by atoms with Gasteiger partial charge in [0.2, 0.25) is 6.04 Å². The van der Waals surface area contributed by atoms with Crippen LogP contribution < -0.4 is 0 Å². The van der Waals surface area contributed by atoms with Crippen molar-refractivity contribution < 1.29 is 19.1 Å². The van der Waals surface area contributed by atoms with Crippen LogP contribution in [0.25, 0.3) is 0 Å². The quantitative estimate of drug-likeness (QED) is 0.611. The van der Waals surface area contributed by atoms with Crippen molar-refractivity contribution in [2.75, 3.05) is 20.2 Å². The topological polar surface area (TPSA) is 55.8 Å². The van der Waals surface area contributed by atoms with Crippen LogP contribution in [0.5, 0.6) is 0 Å². The summed E-state index contributed by atoms with van der Waals surface area (Å²) in [6.07, 6.45) is 3.10. The Morgan fingerprint density at radius 3 is 2.38 bits per heavy atom. The van der Waals surface area contributed by atoms with Crippen LogP contribution in [0.3, 0.4) is 0 Å². The standard InChI is InChI=1S/C16H21NO4/c1-20-15(18)14(17-10-6-3-7-11-17)16(19)21-12-13-8-4-2-5-9-13/h2,4-5,8-9,14H,3,6-7,10-12H2,1H3. The molecule has 0 bridgehead atoms. The fourth-order valence-corrected chi connectivity index (χ4v) is 2.49. The van der Waals surface area contributed by atoms with E-state index < -0.39 is 18.0 Å². The molecule has 0 spiro atoms. The average molecular weight is 291 g/mol. The normalized spacial score (nSPS) is 17.0. The predicted octanol–water partition coefficient (Wildman–Crippen LogP) is 1.76. The fourth-order valence-electron chi connectivity index (χ4n) is 2.49. The van der Waals surface area contributed by atoms with E-state index in [1.165, 1.54) is 7.11 Å². The van der Waals surface area contributed by atoms with Gasteiger partial charge in [-0.1, -0.05) is 36.8 Å². The van der Waals surface area contributed by atoms with E-state index in [1.807, 2.05) is 35.2 Å². The van der Waals surface area contributed by atoms with Crippen molar-refractivity contribution in [1.29, 1.82) is 0 Å². The Labute approximate surface area is 124 Å². The summed E-state index contributed by atoms with van der Waals surface area (Å²) < 4.78 is 10.0. The van der Waals surface area contributed by atoms with Gasteiger partial charge in [-0.15, -0.1) is 0 Å². The maximum atomic E-state index is 12.3. The number of hydrogen-bond donors (Lipinski definition) is 0. The largest absolute Gasteiger partial charge is 0.467 e. The second-order valence-corrected chi connectivity index (χ2v) is 5.12. The second-order valence-electron chi connectivity index (χ2n) is 5.12. The molecular formula is C16H21NO4. The van der Waals surface area contributed by atoms with Gasteiger partial charge in [-0.2, -0.15) is 0 Å². The SMILES string of the molecule is COC(=O)C(C(=O)OCc1ccccc1)N1CCCCC1. The van der Waals surface area contributed by atoms with E-state index in [9.17, 15) is 9.59 Å². The van der Waals surface area contributed by atoms with E-state index in [0.717, 1.165) is 37.9 Å². The summed E-state index contributed by atoms with van der Waals surface area (Å²) in [6.45, 7) is 1.61. The van der Waals surface area contributed by atoms with Crippen molar-refractivity contribution in [1.82, 2.24) is 4.90 Å². The molecule has 0 N–H and O–H groups in total. The number of methoxy groups -OCH3 is 1. The molecule has 5 heteroatoms. The summed E-state index contributed by atoms with van der Waals surface area (Å²) in [6, 6.07) is 8.47. The lowest BCUT2D eigenvalue weighted by molar-refractivity contribution is -0.164. The Kier molecular flexibility index (Phi) is 5.75. The number of rotatable bonds is 5. The van der Waals surface area contributed by atoms with Gasteiger partial charge in [-0.05, 0) is 31.5 Å². The highest BCUT2D eigenvalue weighted by molar-refractivity contribution is 5.99. The van der Waals surface area contributed by atoms with E-state index >= 15 is 0 Å². The molecule has 0 radical (unpaired) electrons. The maximum absolute atomic E-state index is 12.3. The van der Waals surface area contributed by atoms with Crippen LogP contribution in [-0.2, 0) is 25.7 Å². The molecule has 1 aliphatic heterocycles. The molecule has 0 aromatic heterocycles. The number of benzene rings is 1. The number of esters is 2. The van der Waals surface area contributed by atoms with Gasteiger partial charge in [0.25, 0.3) is 0 Å². The molecule has 0 aliphatic carbocycles. The minimum atomic E-state index is -0.945. The third-order valence-electron chi connectivity index (χ3n) is 3.63. The van der Waals surface area contributed by atoms with Crippen molar-refractivity contribution in [3.8, 4) is 0 Å². The highest BCUT2D eigenvalue weighted by atomic mass is 16.6. The van der Waals surface area contributed by atoms with Crippen molar-refractivity contribution in [3.63, 3.8) is 0 Å². The van der Waals surface area contributed by atoms with Gasteiger partial charge >= 0.3 is 11.9 Å². The van der Waals surface area contributed by atoms with Crippen LogP contribution in [0.15, 0.2) is 30.3 Å². The third-order valence-corrected chi connectivity index (χ3v) is 3.63. The van der Waals surface area contributed by atoms with Gasteiger partial charge in [-0.25, -0.2) is 9.59 Å². The number of piperidine rings is 1. The van der Waals surface area contributed by atoms with E-state index in [2.05, 4.69) is 0 Å². The minimum absolute atomic E-state index is 0.168. The molecule has 1 atom stereocenters. The Hall–Kier alpha value is -1.88. The fraction of sp³-hybridized carbons (Fsp3) is 0.500. The lowest BCUT2D eigenvalue weighted by Gasteiger charge is -2.31. The number of hydrogen-bond acceptors (Lipinski definition) is 5. The molecule has 1 aliphatic rings. The zero-order valence-corrected chi connectivity index (χ0v) is 12.3. The van der Waals surface area contributed by atoms with Crippen molar-refractivity contribution in [2.24, 2.45) is 0 Å². The molecule has 114 valence electrons. The molecular weight excluding hydrogens is 270 g/mol. The van der Waals surface area contributed by atoms with Gasteiger partial charge < -0.3 is 9.47 Å². The molecule has 1 fully saturated rings. The Morgan fingerprint density at radius 1 is 1.10 bits per heavy atom. The molecule has 1 heterocycles. The number of ether oxygens (including phenoxy) is 2. The molecule has 0 saturated carbocycles. The van der Waals surface area contributed by atoms with Crippen molar-refractivity contribution in [2.45, 2.75) is 31.9 Å². The molecule has 1 unspecified atom stereocenters. The van der Waals surface area contributed by atoms with Crippen molar-refractivity contribution in [3.05, 3.63) is 35.9 Å². The Bertz CT molecular complexity index is 468. The summed E-state index contributed by atoms with van der Waals surface area (Å²) in [5, 5.41) is 0. The second kappa shape index (κ2) is 7.78. The first-order chi connectivity index (χ1) is 10.2. The van der Waals surface area contributed by atoms with E-state index in [0.29, 0.717) is 0 Å². The van der Waals surface area contributed by atoms with Crippen LogP contribution in [-0.4, -0.2) is 43.1 Å². The van der Waals surface area contributed by atoms with Gasteiger partial charge in [0.05, 0.1) is 7.11 Å². The lowest BCUT2D eigenvalue weighted by atomic mass is 10.1. The third kappa shape index (κ3) is 4.29. The summed E-state index contributed by atoms with van der Waals surface area (Å²) in [4.78, 5) is 26.0. The number of carbonyl (C=O) groups is 2. The lowest BCUT2D eigenvalue weighted by Crippen LogP contribution is -2.50. The molecule has 1 aromatic rings. The summed E-state index contributed by atoms with van der Waals surface area (Å²) in [5.74, 6) is -1.08. The average Bonchev–Trinajstić information content (AvgIpc) is 2.55. The summed E-state index contributed by atoms with van der Waals surface area (Å²) >= 11 is 0. The first-order valence-electron chi connectivity index (χ1n) is 7.25. The predicted molar refractivity (Wildman–Crippen MR) is 77.5 cm³/mol. The highest BCUT2D eigenvalue weighted by Gasteiger charge is 2.35. The zero-order valence-electron chi connectivity index (χ0n) is 12.3. The molecule has 1 aromatic carbocycles. The maximum Gasteiger partial charge on any atom is 0.335 e. The van der Waals surface area contributed by atoms with Crippen LogP contribution in [0.4, 0.5) is 0 Å². The molecule has 5 nitrogen and oxygen atoms in total. The molecule has 21 heavy (non-hydrogen) atoms. The van der Waals surface area contributed by atoms with E-state index in [1.54, 1.807) is 0 Å². The van der Waals surface area contributed by atoms with Gasteiger partial charge in [0.1, 0.15) is 6.61 Å². The van der Waals surface area contributed by atoms with E-state index in [4.69, 9.17) is 9.47 Å². The van der Waals surface area contributed by atoms with Crippen LogP contribution in [0.2, 0.25) is 0 Å². The smallest absolute Gasteiger partial charge is 0.335 e. The van der Waals surface area contributed by atoms with Crippen LogP contribution in [0, 0.1) is 0 Å². The highest BCUT2D eigenvalue weighted by Crippen LogP contribution is 2.15. The molecule has 1 saturated heterocycles. The minimum Gasteiger partial charge on any atom is -0.467 e. The van der Waals surface area contributed by atoms with Crippen molar-refractivity contribution >= 4 is 11.9 Å². The first-order valence-corrected chi connectivity index (χ1v) is 7.25. The van der Waals surface area contributed by atoms with Gasteiger partial charge in [0.15, 0.2) is 0 Å². The van der Waals surface area contributed by atoms with Gasteiger partial charge in [-0.3, -0.25) is 4.90 Å². The summed E-state index contributed by atoms with van der Waals surface area (Å²) in [7, 11) is 1.30. The molecule has 2 rings (SSSR count). The van der Waals surface area contributed by atoms with Crippen LogP contribution >= 0.6 is 0 Å². The number of carbonyl (C=O) groups excluding carboxylic acids is 2. The first kappa shape index (κ1) is 15.5. The van der Waals surface area contributed by atoms with Gasteiger partial charge in [0, 0.05) is 0 Å². The Morgan fingerprint density at radius 2 is 1.76 bits per heavy atom. The number of likely N-dealkylation sites (tertiary alicyclic amines) is 1. The monoisotopic (exact) mass is 291 g/mol. The molecule has 0 amide bonds.